The van der Waals surface area contributed by atoms with Gasteiger partial charge in [-0.3, -0.25) is 9.82 Å². The number of aryl methyl sites for hydroxylation is 2. The van der Waals surface area contributed by atoms with Gasteiger partial charge in [-0.05, 0) is 49.9 Å². The average molecular weight is 337 g/mol. The normalized spacial score (nSPS) is 11.8. The number of aromatic nitrogens is 2. The van der Waals surface area contributed by atoms with Crippen LogP contribution in [-0.2, 0) is 10.0 Å². The molecule has 126 valence electrons. The lowest BCUT2D eigenvalue weighted by molar-refractivity contribution is 0.406. The fourth-order valence-corrected chi connectivity index (χ4v) is 3.69. The Morgan fingerprint density at radius 3 is 2.35 bits per heavy atom. The Kier molecular flexibility index (Phi) is 4.70. The number of nitrogens with zero attached hydrogens (tertiary/aromatic N) is 1. The van der Waals surface area contributed by atoms with Crippen molar-refractivity contribution < 1.29 is 13.2 Å². The zero-order valence-corrected chi connectivity index (χ0v) is 15.1. The van der Waals surface area contributed by atoms with E-state index in [9.17, 15) is 8.42 Å². The molecule has 0 aliphatic carbocycles. The number of H-pyrrole nitrogens is 1. The van der Waals surface area contributed by atoms with Crippen molar-refractivity contribution in [3.8, 4) is 5.75 Å². The summed E-state index contributed by atoms with van der Waals surface area (Å²) in [6.07, 6.45) is 0. The van der Waals surface area contributed by atoms with Crippen molar-refractivity contribution in [2.24, 2.45) is 0 Å². The van der Waals surface area contributed by atoms with Crippen LogP contribution in [0.2, 0.25) is 0 Å². The van der Waals surface area contributed by atoms with Crippen LogP contribution in [0.25, 0.3) is 0 Å². The van der Waals surface area contributed by atoms with Gasteiger partial charge in [0.2, 0.25) is 0 Å². The molecule has 0 aliphatic heterocycles. The second-order valence-electron chi connectivity index (χ2n) is 5.94. The standard InChI is InChI=1S/C16H23N3O3S/c1-9(2)13-8-15(10(3)7-14(13)22-6)23(20,21)19-16-11(4)12(5)17-18-16/h7-9H,1-6H3,(H2,17,18,19). The van der Waals surface area contributed by atoms with Gasteiger partial charge in [0.25, 0.3) is 10.0 Å². The summed E-state index contributed by atoms with van der Waals surface area (Å²) in [5.41, 5.74) is 3.10. The van der Waals surface area contributed by atoms with Crippen molar-refractivity contribution in [1.82, 2.24) is 10.2 Å². The molecule has 0 spiro atoms. The van der Waals surface area contributed by atoms with Crippen molar-refractivity contribution in [3.63, 3.8) is 0 Å². The van der Waals surface area contributed by atoms with Gasteiger partial charge in [0.05, 0.1) is 12.0 Å². The molecule has 2 rings (SSSR count). The summed E-state index contributed by atoms with van der Waals surface area (Å²) >= 11 is 0. The Bertz CT molecular complexity index is 823. The van der Waals surface area contributed by atoms with E-state index in [1.807, 2.05) is 27.7 Å². The van der Waals surface area contributed by atoms with E-state index >= 15 is 0 Å². The van der Waals surface area contributed by atoms with Gasteiger partial charge in [-0.15, -0.1) is 0 Å². The van der Waals surface area contributed by atoms with Gasteiger partial charge in [-0.2, -0.15) is 5.10 Å². The number of nitrogens with one attached hydrogen (secondary N) is 2. The first-order valence-corrected chi connectivity index (χ1v) is 8.88. The van der Waals surface area contributed by atoms with Crippen LogP contribution in [-0.4, -0.2) is 25.7 Å². The lowest BCUT2D eigenvalue weighted by Gasteiger charge is -2.16. The molecule has 1 aromatic heterocycles. The van der Waals surface area contributed by atoms with E-state index in [0.29, 0.717) is 17.1 Å². The predicted octanol–water partition coefficient (Wildman–Crippen LogP) is 3.27. The van der Waals surface area contributed by atoms with E-state index in [1.165, 1.54) is 0 Å². The van der Waals surface area contributed by atoms with Gasteiger partial charge in [0.1, 0.15) is 5.75 Å². The van der Waals surface area contributed by atoms with E-state index in [0.717, 1.165) is 16.8 Å². The van der Waals surface area contributed by atoms with Crippen molar-refractivity contribution >= 4 is 15.8 Å². The first-order valence-electron chi connectivity index (χ1n) is 7.40. The number of hydrogen-bond acceptors (Lipinski definition) is 4. The molecule has 0 bridgehead atoms. The fourth-order valence-electron chi connectivity index (χ4n) is 2.36. The SMILES string of the molecule is COc1cc(C)c(S(=O)(=O)Nc2n[nH]c(C)c2C)cc1C(C)C. The molecular weight excluding hydrogens is 314 g/mol. The van der Waals surface area contributed by atoms with Crippen LogP contribution >= 0.6 is 0 Å². The first kappa shape index (κ1) is 17.3. The van der Waals surface area contributed by atoms with Crippen molar-refractivity contribution in [3.05, 3.63) is 34.5 Å². The van der Waals surface area contributed by atoms with Crippen LogP contribution in [0, 0.1) is 20.8 Å². The van der Waals surface area contributed by atoms with Crippen LogP contribution in [0.1, 0.15) is 42.1 Å². The molecule has 7 heteroatoms. The molecule has 0 unspecified atom stereocenters. The number of ether oxygens (including phenoxy) is 1. The van der Waals surface area contributed by atoms with Gasteiger partial charge in [0.15, 0.2) is 5.82 Å². The molecule has 0 saturated carbocycles. The average Bonchev–Trinajstić information content (AvgIpc) is 2.77. The van der Waals surface area contributed by atoms with Crippen LogP contribution in [0.15, 0.2) is 17.0 Å². The van der Waals surface area contributed by atoms with Gasteiger partial charge in [-0.25, -0.2) is 8.42 Å². The molecule has 23 heavy (non-hydrogen) atoms. The summed E-state index contributed by atoms with van der Waals surface area (Å²) in [6.45, 7) is 9.41. The molecule has 0 radical (unpaired) electrons. The molecule has 0 fully saturated rings. The Morgan fingerprint density at radius 2 is 1.87 bits per heavy atom. The molecule has 1 aromatic carbocycles. The summed E-state index contributed by atoms with van der Waals surface area (Å²) in [5.74, 6) is 1.17. The Labute approximate surface area is 137 Å². The second-order valence-corrected chi connectivity index (χ2v) is 7.59. The molecular formula is C16H23N3O3S. The van der Waals surface area contributed by atoms with E-state index in [1.54, 1.807) is 26.2 Å². The summed E-state index contributed by atoms with van der Waals surface area (Å²) < 4.78 is 33.4. The molecule has 0 amide bonds. The monoisotopic (exact) mass is 337 g/mol. The topological polar surface area (TPSA) is 84.1 Å². The van der Waals surface area contributed by atoms with Crippen LogP contribution in [0.3, 0.4) is 0 Å². The minimum atomic E-state index is -3.72. The molecule has 2 aromatic rings. The molecule has 0 saturated heterocycles. The maximum atomic E-state index is 12.8. The Morgan fingerprint density at radius 1 is 1.22 bits per heavy atom. The molecule has 0 atom stereocenters. The smallest absolute Gasteiger partial charge is 0.263 e. The van der Waals surface area contributed by atoms with Gasteiger partial charge >= 0.3 is 0 Å². The van der Waals surface area contributed by atoms with Gasteiger partial charge < -0.3 is 4.74 Å². The zero-order chi connectivity index (χ0) is 17.4. The van der Waals surface area contributed by atoms with Gasteiger partial charge in [0, 0.05) is 11.3 Å². The lowest BCUT2D eigenvalue weighted by Crippen LogP contribution is -2.16. The Balaban J connectivity index is 2.51. The molecule has 1 heterocycles. The number of methoxy groups -OCH3 is 1. The highest BCUT2D eigenvalue weighted by molar-refractivity contribution is 7.92. The highest BCUT2D eigenvalue weighted by atomic mass is 32.2. The summed E-state index contributed by atoms with van der Waals surface area (Å²) in [7, 11) is -2.14. The Hall–Kier alpha value is -2.02. The van der Waals surface area contributed by atoms with Gasteiger partial charge in [-0.1, -0.05) is 13.8 Å². The van der Waals surface area contributed by atoms with E-state index in [4.69, 9.17) is 4.74 Å². The quantitative estimate of drug-likeness (QED) is 0.877. The fraction of sp³-hybridized carbons (Fsp3) is 0.438. The number of benzene rings is 1. The van der Waals surface area contributed by atoms with Crippen LogP contribution < -0.4 is 9.46 Å². The van der Waals surface area contributed by atoms with Crippen LogP contribution in [0.5, 0.6) is 5.75 Å². The summed E-state index contributed by atoms with van der Waals surface area (Å²) in [4.78, 5) is 0.238. The van der Waals surface area contributed by atoms with E-state index in [2.05, 4.69) is 14.9 Å². The summed E-state index contributed by atoms with van der Waals surface area (Å²) in [6, 6.07) is 3.43. The minimum Gasteiger partial charge on any atom is -0.496 e. The third-order valence-electron chi connectivity index (χ3n) is 3.92. The molecule has 0 aliphatic rings. The van der Waals surface area contributed by atoms with Crippen molar-refractivity contribution in [2.75, 3.05) is 11.8 Å². The number of anilines is 1. The molecule has 6 nitrogen and oxygen atoms in total. The maximum Gasteiger partial charge on any atom is 0.263 e. The number of aromatic amines is 1. The van der Waals surface area contributed by atoms with Crippen molar-refractivity contribution in [1.29, 1.82) is 0 Å². The largest absolute Gasteiger partial charge is 0.496 e. The highest BCUT2D eigenvalue weighted by Crippen LogP contribution is 2.32. The predicted molar refractivity (Wildman–Crippen MR) is 90.7 cm³/mol. The second kappa shape index (κ2) is 6.23. The van der Waals surface area contributed by atoms with E-state index in [-0.39, 0.29) is 10.8 Å². The minimum absolute atomic E-state index is 0.147. The first-order chi connectivity index (χ1) is 10.7. The lowest BCUT2D eigenvalue weighted by atomic mass is 10.0. The number of hydrogen-bond donors (Lipinski definition) is 2. The third-order valence-corrected chi connectivity index (χ3v) is 5.40. The highest BCUT2D eigenvalue weighted by Gasteiger charge is 2.22. The van der Waals surface area contributed by atoms with Crippen molar-refractivity contribution in [2.45, 2.75) is 45.4 Å². The zero-order valence-electron chi connectivity index (χ0n) is 14.3. The van der Waals surface area contributed by atoms with E-state index < -0.39 is 10.0 Å². The third kappa shape index (κ3) is 3.34. The maximum absolute atomic E-state index is 12.8. The molecule has 2 N–H and O–H groups in total. The summed E-state index contributed by atoms with van der Waals surface area (Å²) in [5, 5.41) is 6.78. The number of rotatable bonds is 5. The number of sulfonamides is 1. The van der Waals surface area contributed by atoms with Crippen LogP contribution in [0.4, 0.5) is 5.82 Å².